The van der Waals surface area contributed by atoms with Gasteiger partial charge < -0.3 is 34.6 Å². The molecule has 5 N–H and O–H groups in total. The third kappa shape index (κ3) is 5.40. The molecule has 2 aromatic heterocycles. The topological polar surface area (TPSA) is 184 Å². The molecule has 0 radical (unpaired) electrons. The van der Waals surface area contributed by atoms with Gasteiger partial charge >= 0.3 is 7.60 Å². The molecule has 0 amide bonds. The minimum atomic E-state index is -4.90. The Kier molecular flexibility index (Phi) is 6.99. The molecule has 34 heavy (non-hydrogen) atoms. The average molecular weight is 526 g/mol. The molecule has 3 heterocycles. The van der Waals surface area contributed by atoms with Gasteiger partial charge in [0, 0.05) is 12.2 Å². The fourth-order valence-corrected chi connectivity index (χ4v) is 7.63. The number of hydrogen-bond acceptors (Lipinski definition) is 9. The van der Waals surface area contributed by atoms with Gasteiger partial charge in [0.15, 0.2) is 27.4 Å². The Morgan fingerprint density at radius 2 is 1.88 bits per heavy atom. The van der Waals surface area contributed by atoms with Crippen molar-refractivity contribution in [3.8, 4) is 0 Å². The number of sulfone groups is 1. The van der Waals surface area contributed by atoms with Crippen LogP contribution in [0.4, 0.5) is 14.6 Å². The number of nitrogens with zero attached hydrogens (tertiary/aromatic N) is 3. The number of hydrogen-bond donors (Lipinski definition) is 5. The van der Waals surface area contributed by atoms with Crippen LogP contribution in [-0.2, 0) is 19.1 Å². The van der Waals surface area contributed by atoms with Crippen LogP contribution in [0.3, 0.4) is 0 Å². The lowest BCUT2D eigenvalue weighted by Gasteiger charge is -2.19. The van der Waals surface area contributed by atoms with Gasteiger partial charge in [-0.05, 0) is 18.9 Å². The highest BCUT2D eigenvalue weighted by atomic mass is 32.2. The van der Waals surface area contributed by atoms with Gasteiger partial charge in [-0.1, -0.05) is 12.8 Å². The highest BCUT2D eigenvalue weighted by molar-refractivity contribution is 7.97. The summed E-state index contributed by atoms with van der Waals surface area (Å²) in [5.74, 6) is -1.51. The van der Waals surface area contributed by atoms with Crippen LogP contribution in [0.2, 0.25) is 0 Å². The fraction of sp³-hybridized carbons (Fsp3) is 0.667. The van der Waals surface area contributed by atoms with Crippen molar-refractivity contribution < 1.29 is 46.5 Å². The number of halogens is 2. The molecule has 1 saturated heterocycles. The largest absolute Gasteiger partial charge is 0.387 e. The molecule has 4 rings (SSSR count). The number of anilines is 1. The van der Waals surface area contributed by atoms with Crippen molar-refractivity contribution in [1.82, 2.24) is 14.5 Å². The molecule has 1 aliphatic carbocycles. The lowest BCUT2D eigenvalue weighted by Crippen LogP contribution is -2.35. The second-order valence-corrected chi connectivity index (χ2v) is 12.8. The zero-order valence-corrected chi connectivity index (χ0v) is 19.4. The number of ether oxygens (including phenoxy) is 1. The minimum absolute atomic E-state index is 0.0132. The lowest BCUT2D eigenvalue weighted by atomic mass is 10.1. The minimum Gasteiger partial charge on any atom is -0.387 e. The maximum atomic E-state index is 13.5. The number of aliphatic hydroxyl groups excluding tert-OH is 2. The predicted octanol–water partition coefficient (Wildman–Crippen LogP) is 0.893. The molecular weight excluding hydrogens is 501 g/mol. The van der Waals surface area contributed by atoms with Crippen molar-refractivity contribution in [1.29, 1.82) is 0 Å². The van der Waals surface area contributed by atoms with Gasteiger partial charge in [0.05, 0.1) is 11.1 Å². The van der Waals surface area contributed by atoms with Gasteiger partial charge in [-0.15, -0.1) is 0 Å². The highest BCUT2D eigenvalue weighted by Gasteiger charge is 2.46. The van der Waals surface area contributed by atoms with Gasteiger partial charge in [0.1, 0.15) is 29.8 Å². The van der Waals surface area contributed by atoms with Crippen molar-refractivity contribution in [2.45, 2.75) is 62.7 Å². The van der Waals surface area contributed by atoms with E-state index in [1.165, 1.54) is 16.8 Å². The first-order valence-corrected chi connectivity index (χ1v) is 14.2. The van der Waals surface area contributed by atoms with Gasteiger partial charge in [0.25, 0.3) is 6.43 Å². The number of aromatic nitrogens is 3. The Balaban J connectivity index is 1.65. The van der Waals surface area contributed by atoms with E-state index in [0.717, 1.165) is 25.7 Å². The standard InChI is InChI=1S/C18H25F2N4O8PS/c19-14(20)16-22-15(21-9-3-1-2-4-9)10-5-6-24(17(10)23-16)18-13(26)12(25)11(32-18)7-34(30,31)8-33(27,28)29/h5-6,9,11-14,18,25-26H,1-4,7-8H2,(H,21,22,23)(H2,27,28,29)/t11?,12-,13-,18-/m1/s1. The van der Waals surface area contributed by atoms with Crippen molar-refractivity contribution in [2.75, 3.05) is 16.6 Å². The number of rotatable bonds is 8. The Morgan fingerprint density at radius 3 is 2.50 bits per heavy atom. The van der Waals surface area contributed by atoms with Crippen molar-refractivity contribution in [3.63, 3.8) is 0 Å². The Morgan fingerprint density at radius 1 is 1.21 bits per heavy atom. The van der Waals surface area contributed by atoms with Crippen LogP contribution < -0.4 is 5.32 Å². The van der Waals surface area contributed by atoms with Gasteiger partial charge in [-0.2, -0.15) is 0 Å². The summed E-state index contributed by atoms with van der Waals surface area (Å²) in [6.07, 6.45) is -4.16. The summed E-state index contributed by atoms with van der Waals surface area (Å²) in [5, 5.41) is 24.4. The van der Waals surface area contributed by atoms with E-state index in [1.807, 2.05) is 0 Å². The summed E-state index contributed by atoms with van der Waals surface area (Å²) in [4.78, 5) is 25.8. The molecule has 1 aliphatic heterocycles. The van der Waals surface area contributed by atoms with Crippen LogP contribution >= 0.6 is 7.60 Å². The summed E-state index contributed by atoms with van der Waals surface area (Å²) >= 11 is 0. The third-order valence-corrected chi connectivity index (χ3v) is 9.63. The molecule has 0 spiro atoms. The van der Waals surface area contributed by atoms with Crippen molar-refractivity contribution in [2.24, 2.45) is 0 Å². The molecule has 190 valence electrons. The molecule has 4 atom stereocenters. The monoisotopic (exact) mass is 526 g/mol. The Bertz CT molecular complexity index is 1200. The molecule has 1 unspecified atom stereocenters. The summed E-state index contributed by atoms with van der Waals surface area (Å²) < 4.78 is 69.0. The van der Waals surface area contributed by atoms with E-state index in [0.29, 0.717) is 5.39 Å². The first-order valence-electron chi connectivity index (χ1n) is 10.5. The van der Waals surface area contributed by atoms with E-state index >= 15 is 0 Å². The molecular formula is C18H25F2N4O8PS. The molecule has 12 nitrogen and oxygen atoms in total. The van der Waals surface area contributed by atoms with Crippen LogP contribution in [0.15, 0.2) is 12.3 Å². The SMILES string of the molecule is O=P(O)(O)CS(=O)(=O)CC1O[C@@H](n2ccc3c(NC4CCCC4)nc(C(F)F)nc32)[C@H](O)[C@@H]1O. The Hall–Kier alpha value is -1.74. The summed E-state index contributed by atoms with van der Waals surface area (Å²) in [6, 6.07) is 1.59. The van der Waals surface area contributed by atoms with Gasteiger partial charge in [-0.3, -0.25) is 4.57 Å². The molecule has 16 heteroatoms. The van der Waals surface area contributed by atoms with E-state index in [9.17, 15) is 32.0 Å². The summed E-state index contributed by atoms with van der Waals surface area (Å²) in [5.41, 5.74) is -1.46. The first kappa shape index (κ1) is 25.4. The Labute approximate surface area is 193 Å². The second-order valence-electron chi connectivity index (χ2n) is 8.57. The number of alkyl halides is 2. The molecule has 2 aromatic rings. The van der Waals surface area contributed by atoms with Gasteiger partial charge in [0.2, 0.25) is 0 Å². The van der Waals surface area contributed by atoms with E-state index in [1.54, 1.807) is 0 Å². The van der Waals surface area contributed by atoms with Gasteiger partial charge in [-0.25, -0.2) is 27.2 Å². The van der Waals surface area contributed by atoms with Crippen molar-refractivity contribution >= 4 is 34.3 Å². The maximum Gasteiger partial charge on any atom is 0.340 e. The average Bonchev–Trinajstić information content (AvgIpc) is 3.42. The first-order chi connectivity index (χ1) is 15.8. The van der Waals surface area contributed by atoms with Crippen LogP contribution in [0.25, 0.3) is 11.0 Å². The fourth-order valence-electron chi connectivity index (χ4n) is 4.38. The summed E-state index contributed by atoms with van der Waals surface area (Å²) in [6.45, 7) is 0. The van der Waals surface area contributed by atoms with E-state index in [2.05, 4.69) is 15.3 Å². The normalized spacial score (nSPS) is 26.7. The number of nitrogens with one attached hydrogen (secondary N) is 1. The van der Waals surface area contributed by atoms with Crippen molar-refractivity contribution in [3.05, 3.63) is 18.1 Å². The molecule has 2 aliphatic rings. The molecule has 0 aromatic carbocycles. The lowest BCUT2D eigenvalue weighted by molar-refractivity contribution is -0.0289. The van der Waals surface area contributed by atoms with Crippen LogP contribution in [0.5, 0.6) is 0 Å². The van der Waals surface area contributed by atoms with E-state index in [4.69, 9.17) is 14.5 Å². The highest BCUT2D eigenvalue weighted by Crippen LogP contribution is 2.39. The van der Waals surface area contributed by atoms with Crippen LogP contribution in [0, 0.1) is 0 Å². The van der Waals surface area contributed by atoms with Crippen LogP contribution in [0.1, 0.15) is 44.2 Å². The molecule has 2 fully saturated rings. The molecule has 1 saturated carbocycles. The zero-order chi connectivity index (χ0) is 24.8. The zero-order valence-electron chi connectivity index (χ0n) is 17.7. The van der Waals surface area contributed by atoms with E-state index in [-0.39, 0.29) is 17.5 Å². The molecule has 0 bridgehead atoms. The smallest absolute Gasteiger partial charge is 0.340 e. The maximum absolute atomic E-state index is 13.5. The number of fused-ring (bicyclic) bond motifs is 1. The van der Waals surface area contributed by atoms with E-state index < -0.39 is 65.5 Å². The van der Waals surface area contributed by atoms with Crippen LogP contribution in [-0.4, -0.2) is 78.6 Å². The second kappa shape index (κ2) is 9.37. The number of aliphatic hydroxyl groups is 2. The third-order valence-electron chi connectivity index (χ3n) is 5.87. The quantitative estimate of drug-likeness (QED) is 0.308. The predicted molar refractivity (Wildman–Crippen MR) is 115 cm³/mol. The summed E-state index contributed by atoms with van der Waals surface area (Å²) in [7, 11) is -9.25.